The van der Waals surface area contributed by atoms with Crippen molar-refractivity contribution in [1.82, 2.24) is 4.90 Å². The maximum atomic E-state index is 5.81. The minimum atomic E-state index is 0.202. The molecule has 19 heavy (non-hydrogen) atoms. The number of anilines is 1. The number of likely N-dealkylation sites (N-methyl/N-ethyl adjacent to an activating group) is 1. The van der Waals surface area contributed by atoms with Crippen molar-refractivity contribution < 1.29 is 0 Å². The summed E-state index contributed by atoms with van der Waals surface area (Å²) in [4.78, 5) is 5.02. The fourth-order valence-electron chi connectivity index (χ4n) is 2.94. The van der Waals surface area contributed by atoms with Crippen molar-refractivity contribution in [2.45, 2.75) is 38.8 Å². The maximum absolute atomic E-state index is 5.81. The standard InChI is InChI=1S/C16H27N3/c1-13-7-5-6-8-15(13)19-12-16(2,3)18(4)11-14(19)9-10-17/h5-8,14H,9-12,17H2,1-4H3. The van der Waals surface area contributed by atoms with Gasteiger partial charge in [0.15, 0.2) is 0 Å². The first kappa shape index (κ1) is 14.4. The highest BCUT2D eigenvalue weighted by atomic mass is 15.3. The van der Waals surface area contributed by atoms with Gasteiger partial charge in [-0.05, 0) is 52.4 Å². The third kappa shape index (κ3) is 2.93. The fraction of sp³-hybridized carbons (Fsp3) is 0.625. The zero-order valence-corrected chi connectivity index (χ0v) is 12.7. The molecule has 1 aromatic carbocycles. The smallest absolute Gasteiger partial charge is 0.0430 e. The second-order valence-electron chi connectivity index (χ2n) is 6.34. The topological polar surface area (TPSA) is 32.5 Å². The quantitative estimate of drug-likeness (QED) is 0.906. The molecule has 1 heterocycles. The Balaban J connectivity index is 2.31. The van der Waals surface area contributed by atoms with Crippen LogP contribution in [0.3, 0.4) is 0 Å². The summed E-state index contributed by atoms with van der Waals surface area (Å²) in [5.74, 6) is 0. The van der Waals surface area contributed by atoms with Gasteiger partial charge in [-0.1, -0.05) is 18.2 Å². The van der Waals surface area contributed by atoms with Gasteiger partial charge in [-0.25, -0.2) is 0 Å². The van der Waals surface area contributed by atoms with Gasteiger partial charge in [0, 0.05) is 30.4 Å². The summed E-state index contributed by atoms with van der Waals surface area (Å²) in [5, 5.41) is 0. The average molecular weight is 261 g/mol. The molecule has 1 aromatic rings. The molecule has 2 rings (SSSR count). The molecule has 1 saturated heterocycles. The van der Waals surface area contributed by atoms with Crippen LogP contribution in [0.2, 0.25) is 0 Å². The van der Waals surface area contributed by atoms with Gasteiger partial charge in [0.25, 0.3) is 0 Å². The molecule has 0 radical (unpaired) electrons. The van der Waals surface area contributed by atoms with E-state index in [0.29, 0.717) is 6.04 Å². The molecule has 2 N–H and O–H groups in total. The zero-order valence-electron chi connectivity index (χ0n) is 12.7. The van der Waals surface area contributed by atoms with Gasteiger partial charge < -0.3 is 10.6 Å². The molecule has 1 aliphatic rings. The Morgan fingerprint density at radius 3 is 2.63 bits per heavy atom. The summed E-state index contributed by atoms with van der Waals surface area (Å²) < 4.78 is 0. The summed E-state index contributed by atoms with van der Waals surface area (Å²) in [6.07, 6.45) is 1.05. The van der Waals surface area contributed by atoms with Gasteiger partial charge in [0.1, 0.15) is 0 Å². The third-order valence-electron chi connectivity index (χ3n) is 4.44. The summed E-state index contributed by atoms with van der Waals surface area (Å²) in [5.41, 5.74) is 8.72. The molecule has 0 amide bonds. The number of hydrogen-bond donors (Lipinski definition) is 1. The van der Waals surface area contributed by atoms with Crippen LogP contribution < -0.4 is 10.6 Å². The summed E-state index contributed by atoms with van der Waals surface area (Å²) in [6.45, 7) is 9.72. The Morgan fingerprint density at radius 1 is 1.32 bits per heavy atom. The largest absolute Gasteiger partial charge is 0.365 e. The van der Waals surface area contributed by atoms with Crippen molar-refractivity contribution in [3.05, 3.63) is 29.8 Å². The Bertz CT molecular complexity index is 428. The molecule has 1 atom stereocenters. The lowest BCUT2D eigenvalue weighted by atomic mass is 9.93. The van der Waals surface area contributed by atoms with Crippen LogP contribution in [0.5, 0.6) is 0 Å². The monoisotopic (exact) mass is 261 g/mol. The second-order valence-corrected chi connectivity index (χ2v) is 6.34. The first-order valence-electron chi connectivity index (χ1n) is 7.19. The lowest BCUT2D eigenvalue weighted by Gasteiger charge is -2.51. The van der Waals surface area contributed by atoms with E-state index >= 15 is 0 Å². The molecule has 3 nitrogen and oxygen atoms in total. The van der Waals surface area contributed by atoms with Gasteiger partial charge in [-0.3, -0.25) is 4.90 Å². The number of benzene rings is 1. The predicted molar refractivity (Wildman–Crippen MR) is 82.7 cm³/mol. The van der Waals surface area contributed by atoms with Gasteiger partial charge >= 0.3 is 0 Å². The van der Waals surface area contributed by atoms with E-state index < -0.39 is 0 Å². The van der Waals surface area contributed by atoms with Crippen LogP contribution in [0.15, 0.2) is 24.3 Å². The molecule has 0 saturated carbocycles. The lowest BCUT2D eigenvalue weighted by molar-refractivity contribution is 0.113. The van der Waals surface area contributed by atoms with Crippen molar-refractivity contribution >= 4 is 5.69 Å². The minimum absolute atomic E-state index is 0.202. The van der Waals surface area contributed by atoms with Crippen LogP contribution in [0, 0.1) is 6.92 Å². The highest BCUT2D eigenvalue weighted by molar-refractivity contribution is 5.54. The highest BCUT2D eigenvalue weighted by Crippen LogP contribution is 2.30. The van der Waals surface area contributed by atoms with Gasteiger partial charge in [0.05, 0.1) is 0 Å². The molecule has 1 aliphatic heterocycles. The van der Waals surface area contributed by atoms with Gasteiger partial charge in [0.2, 0.25) is 0 Å². The molecule has 1 fully saturated rings. The first-order valence-corrected chi connectivity index (χ1v) is 7.19. The van der Waals surface area contributed by atoms with Crippen molar-refractivity contribution in [2.75, 3.05) is 31.6 Å². The van der Waals surface area contributed by atoms with Crippen molar-refractivity contribution in [2.24, 2.45) is 5.73 Å². The second kappa shape index (κ2) is 5.51. The molecule has 3 heteroatoms. The minimum Gasteiger partial charge on any atom is -0.365 e. The average Bonchev–Trinajstić information content (AvgIpc) is 2.35. The number of hydrogen-bond acceptors (Lipinski definition) is 3. The molecule has 0 aromatic heterocycles. The van der Waals surface area contributed by atoms with E-state index in [1.54, 1.807) is 0 Å². The maximum Gasteiger partial charge on any atom is 0.0430 e. The van der Waals surface area contributed by atoms with Crippen LogP contribution in [0.4, 0.5) is 5.69 Å². The Hall–Kier alpha value is -1.06. The number of para-hydroxylation sites is 1. The highest BCUT2D eigenvalue weighted by Gasteiger charge is 2.36. The predicted octanol–water partition coefficient (Wildman–Crippen LogP) is 2.24. The molecule has 0 spiro atoms. The molecule has 1 unspecified atom stereocenters. The molecule has 106 valence electrons. The fourth-order valence-corrected chi connectivity index (χ4v) is 2.94. The van der Waals surface area contributed by atoms with Crippen LogP contribution >= 0.6 is 0 Å². The summed E-state index contributed by atoms with van der Waals surface area (Å²) >= 11 is 0. The van der Waals surface area contributed by atoms with Crippen molar-refractivity contribution in [1.29, 1.82) is 0 Å². The number of piperazine rings is 1. The van der Waals surface area contributed by atoms with E-state index in [0.717, 1.165) is 26.1 Å². The van der Waals surface area contributed by atoms with Crippen LogP contribution in [0.1, 0.15) is 25.8 Å². The van der Waals surface area contributed by atoms with Crippen LogP contribution in [0.25, 0.3) is 0 Å². The van der Waals surface area contributed by atoms with E-state index in [4.69, 9.17) is 5.73 Å². The van der Waals surface area contributed by atoms with E-state index in [-0.39, 0.29) is 5.54 Å². The van der Waals surface area contributed by atoms with Gasteiger partial charge in [-0.15, -0.1) is 0 Å². The Labute approximate surface area is 117 Å². The number of nitrogens with two attached hydrogens (primary N) is 1. The van der Waals surface area contributed by atoms with E-state index in [9.17, 15) is 0 Å². The van der Waals surface area contributed by atoms with Gasteiger partial charge in [-0.2, -0.15) is 0 Å². The molecular weight excluding hydrogens is 234 g/mol. The molecule has 0 aliphatic carbocycles. The van der Waals surface area contributed by atoms with Crippen LogP contribution in [-0.4, -0.2) is 43.2 Å². The first-order chi connectivity index (χ1) is 8.95. The van der Waals surface area contributed by atoms with E-state index in [1.165, 1.54) is 11.3 Å². The summed E-state index contributed by atoms with van der Waals surface area (Å²) in [6, 6.07) is 9.19. The van der Waals surface area contributed by atoms with E-state index in [2.05, 4.69) is 61.9 Å². The van der Waals surface area contributed by atoms with Crippen molar-refractivity contribution in [3.63, 3.8) is 0 Å². The third-order valence-corrected chi connectivity index (χ3v) is 4.44. The zero-order chi connectivity index (χ0) is 14.0. The van der Waals surface area contributed by atoms with Crippen molar-refractivity contribution in [3.8, 4) is 0 Å². The lowest BCUT2D eigenvalue weighted by Crippen LogP contribution is -2.62. The number of aryl methyl sites for hydroxylation is 1. The Kier molecular flexibility index (Phi) is 4.16. The molecular formula is C16H27N3. The normalized spacial score (nSPS) is 23.6. The number of nitrogens with zero attached hydrogens (tertiary/aromatic N) is 2. The number of rotatable bonds is 3. The van der Waals surface area contributed by atoms with E-state index in [1.807, 2.05) is 0 Å². The summed E-state index contributed by atoms with van der Waals surface area (Å²) in [7, 11) is 2.22. The molecule has 0 bridgehead atoms. The SMILES string of the molecule is Cc1ccccc1N1CC(C)(C)N(C)CC1CCN. The van der Waals surface area contributed by atoms with Crippen LogP contribution in [-0.2, 0) is 0 Å². The Morgan fingerprint density at radius 2 is 2.00 bits per heavy atom.